The number of benzene rings is 1. The van der Waals surface area contributed by atoms with Crippen LogP contribution in [0.4, 0.5) is 0 Å². The van der Waals surface area contributed by atoms with Gasteiger partial charge in [-0.15, -0.1) is 0 Å². The van der Waals surface area contributed by atoms with Crippen molar-refractivity contribution in [3.8, 4) is 5.75 Å². The molecule has 1 unspecified atom stereocenters. The minimum absolute atomic E-state index is 0.0918. The van der Waals surface area contributed by atoms with Crippen LogP contribution in [-0.2, 0) is 0 Å². The van der Waals surface area contributed by atoms with E-state index < -0.39 is 6.10 Å². The average molecular weight is 260 g/mol. The maximum absolute atomic E-state index is 12.1. The lowest BCUT2D eigenvalue weighted by molar-refractivity contribution is 0.101. The van der Waals surface area contributed by atoms with E-state index in [1.54, 1.807) is 12.1 Å². The number of fused-ring (bicyclic) bond motifs is 1. The zero-order valence-electron chi connectivity index (χ0n) is 10.6. The van der Waals surface area contributed by atoms with Gasteiger partial charge in [-0.3, -0.25) is 4.79 Å². The second kappa shape index (κ2) is 6.13. The van der Waals surface area contributed by atoms with E-state index in [1.807, 2.05) is 0 Å². The van der Waals surface area contributed by atoms with Gasteiger partial charge in [-0.2, -0.15) is 0 Å². The Kier molecular flexibility index (Phi) is 4.80. The summed E-state index contributed by atoms with van der Waals surface area (Å²) in [6.45, 7) is 7.13. The molecule has 0 radical (unpaired) electrons. The van der Waals surface area contributed by atoms with Gasteiger partial charge in [0.2, 0.25) is 0 Å². The Morgan fingerprint density at radius 3 is 2.37 bits per heavy atom. The molecular weight excluding hydrogens is 244 g/mol. The number of aromatic hydroxyl groups is 1. The van der Waals surface area contributed by atoms with Crippen molar-refractivity contribution in [3.05, 3.63) is 65.8 Å². The molecule has 1 aliphatic carbocycles. The van der Waals surface area contributed by atoms with Crippen LogP contribution in [0.3, 0.4) is 0 Å². The Balaban J connectivity index is 0.000000861. The van der Waals surface area contributed by atoms with Crippen molar-refractivity contribution in [2.75, 3.05) is 7.11 Å². The lowest BCUT2D eigenvalue weighted by Gasteiger charge is -2.24. The minimum Gasteiger partial charge on any atom is -0.508 e. The van der Waals surface area contributed by atoms with Gasteiger partial charge in [-0.05, 0) is 11.6 Å². The number of phenolic OH excluding ortho intramolecular Hbond substituents is 1. The van der Waals surface area contributed by atoms with E-state index in [-0.39, 0.29) is 17.1 Å². The molecule has 0 spiro atoms. The zero-order valence-corrected chi connectivity index (χ0v) is 10.6. The van der Waals surface area contributed by atoms with Crippen LogP contribution in [0.5, 0.6) is 5.75 Å². The molecule has 1 aliphatic rings. The molecule has 0 saturated carbocycles. The van der Waals surface area contributed by atoms with Crippen LogP contribution in [0.25, 0.3) is 0 Å². The average Bonchev–Trinajstić information content (AvgIpc) is 2.44. The first-order valence-electron chi connectivity index (χ1n) is 5.60. The van der Waals surface area contributed by atoms with Gasteiger partial charge in [0, 0.05) is 23.8 Å². The summed E-state index contributed by atoms with van der Waals surface area (Å²) >= 11 is 0. The monoisotopic (exact) mass is 260 g/mol. The number of aliphatic hydroxyl groups is 2. The van der Waals surface area contributed by atoms with Crippen molar-refractivity contribution in [1.29, 1.82) is 0 Å². The highest BCUT2D eigenvalue weighted by atomic mass is 16.3. The Hall–Kier alpha value is -2.17. The highest BCUT2D eigenvalue weighted by Gasteiger charge is 2.31. The molecule has 0 saturated heterocycles. The number of carbonyl (C=O) groups excluding carboxylic acids is 1. The number of phenols is 1. The number of hydrogen-bond donors (Lipinski definition) is 3. The first-order chi connectivity index (χ1) is 9.11. The number of hydrogen-bond acceptors (Lipinski definition) is 4. The van der Waals surface area contributed by atoms with Crippen molar-refractivity contribution >= 4 is 5.78 Å². The Bertz CT molecular complexity index is 555. The summed E-state index contributed by atoms with van der Waals surface area (Å²) in [6, 6.07) is 4.58. The number of ketones is 1. The van der Waals surface area contributed by atoms with Crippen LogP contribution in [0.2, 0.25) is 0 Å². The molecule has 0 bridgehead atoms. The first kappa shape index (κ1) is 14.9. The molecule has 4 heteroatoms. The van der Waals surface area contributed by atoms with Gasteiger partial charge in [0.15, 0.2) is 5.78 Å². The van der Waals surface area contributed by atoms with Gasteiger partial charge in [0.1, 0.15) is 11.9 Å². The molecule has 1 aromatic rings. The molecular formula is C15H16O4. The highest BCUT2D eigenvalue weighted by Crippen LogP contribution is 2.39. The van der Waals surface area contributed by atoms with Gasteiger partial charge in [-0.25, -0.2) is 0 Å². The molecule has 4 nitrogen and oxygen atoms in total. The number of allylic oxidation sites excluding steroid dienone is 2. The van der Waals surface area contributed by atoms with Crippen molar-refractivity contribution in [2.24, 2.45) is 0 Å². The van der Waals surface area contributed by atoms with Crippen molar-refractivity contribution in [3.63, 3.8) is 0 Å². The molecule has 1 aromatic carbocycles. The van der Waals surface area contributed by atoms with E-state index in [9.17, 15) is 15.0 Å². The summed E-state index contributed by atoms with van der Waals surface area (Å²) in [7, 11) is 1.00. The molecule has 0 aromatic heterocycles. The zero-order chi connectivity index (χ0) is 14.6. The van der Waals surface area contributed by atoms with Crippen LogP contribution in [-0.4, -0.2) is 28.2 Å². The Morgan fingerprint density at radius 1 is 1.21 bits per heavy atom. The van der Waals surface area contributed by atoms with E-state index in [1.165, 1.54) is 18.2 Å². The predicted octanol–water partition coefficient (Wildman–Crippen LogP) is 1.90. The minimum atomic E-state index is -1.05. The van der Waals surface area contributed by atoms with Gasteiger partial charge in [-0.1, -0.05) is 37.4 Å². The molecule has 19 heavy (non-hydrogen) atoms. The first-order valence-corrected chi connectivity index (χ1v) is 5.60. The quantitative estimate of drug-likeness (QED) is 0.759. The van der Waals surface area contributed by atoms with E-state index in [4.69, 9.17) is 5.11 Å². The number of Topliss-reactive ketones (excluding diaryl/α,β-unsaturated/α-hetero) is 1. The SMILES string of the molecule is C=CC1=C(C=C)C(O)c2c(O)cccc2C1=O.CO. The van der Waals surface area contributed by atoms with E-state index in [0.29, 0.717) is 16.7 Å². The highest BCUT2D eigenvalue weighted by molar-refractivity contribution is 6.14. The number of carbonyl (C=O) groups is 1. The maximum atomic E-state index is 12.1. The number of rotatable bonds is 2. The lowest BCUT2D eigenvalue weighted by Crippen LogP contribution is -2.19. The van der Waals surface area contributed by atoms with Crippen LogP contribution >= 0.6 is 0 Å². The van der Waals surface area contributed by atoms with E-state index in [2.05, 4.69) is 13.2 Å². The van der Waals surface area contributed by atoms with Gasteiger partial charge >= 0.3 is 0 Å². The second-order valence-corrected chi connectivity index (χ2v) is 3.75. The summed E-state index contributed by atoms with van der Waals surface area (Å²) < 4.78 is 0. The van der Waals surface area contributed by atoms with Crippen LogP contribution in [0.1, 0.15) is 22.0 Å². The van der Waals surface area contributed by atoms with Gasteiger partial charge < -0.3 is 15.3 Å². The van der Waals surface area contributed by atoms with Crippen LogP contribution < -0.4 is 0 Å². The largest absolute Gasteiger partial charge is 0.508 e. The molecule has 1 atom stereocenters. The number of aliphatic hydroxyl groups excluding tert-OH is 2. The van der Waals surface area contributed by atoms with Gasteiger partial charge in [0.05, 0.1) is 0 Å². The fourth-order valence-electron chi connectivity index (χ4n) is 2.05. The second-order valence-electron chi connectivity index (χ2n) is 3.75. The van der Waals surface area contributed by atoms with Crippen LogP contribution in [0.15, 0.2) is 54.7 Å². The van der Waals surface area contributed by atoms with Crippen molar-refractivity contribution < 1.29 is 20.1 Å². The van der Waals surface area contributed by atoms with Crippen LogP contribution in [0, 0.1) is 0 Å². The summed E-state index contributed by atoms with van der Waals surface area (Å²) in [4.78, 5) is 12.1. The lowest BCUT2D eigenvalue weighted by atomic mass is 9.82. The molecule has 0 aliphatic heterocycles. The van der Waals surface area contributed by atoms with E-state index in [0.717, 1.165) is 7.11 Å². The maximum Gasteiger partial charge on any atom is 0.193 e. The fourth-order valence-corrected chi connectivity index (χ4v) is 2.05. The van der Waals surface area contributed by atoms with Crippen molar-refractivity contribution in [1.82, 2.24) is 0 Å². The van der Waals surface area contributed by atoms with Crippen molar-refractivity contribution in [2.45, 2.75) is 6.10 Å². The Morgan fingerprint density at radius 2 is 1.84 bits per heavy atom. The molecule has 3 N–H and O–H groups in total. The predicted molar refractivity (Wildman–Crippen MR) is 73.0 cm³/mol. The Labute approximate surface area is 111 Å². The third-order valence-electron chi connectivity index (χ3n) is 2.88. The third kappa shape index (κ3) is 2.36. The standard InChI is InChI=1S/C14H12O3.CH4O/c1-3-8-9(4-2)14(17)12-10(13(8)16)6-5-7-11(12)15;1-2/h3-7,14-15,17H,1-2H2;2H,1H3. The molecule has 0 amide bonds. The fraction of sp³-hybridized carbons (Fsp3) is 0.133. The topological polar surface area (TPSA) is 77.8 Å². The van der Waals surface area contributed by atoms with E-state index >= 15 is 0 Å². The van der Waals surface area contributed by atoms with Gasteiger partial charge in [0.25, 0.3) is 0 Å². The third-order valence-corrected chi connectivity index (χ3v) is 2.88. The molecule has 0 fully saturated rings. The summed E-state index contributed by atoms with van der Waals surface area (Å²) in [5.74, 6) is -0.350. The molecule has 0 heterocycles. The molecule has 2 rings (SSSR count). The smallest absolute Gasteiger partial charge is 0.193 e. The summed E-state index contributed by atoms with van der Waals surface area (Å²) in [6.07, 6.45) is 1.76. The molecule has 100 valence electrons. The normalized spacial score (nSPS) is 17.2. The summed E-state index contributed by atoms with van der Waals surface area (Å²) in [5.41, 5.74) is 1.24. The summed E-state index contributed by atoms with van der Waals surface area (Å²) in [5, 5.41) is 26.9.